The predicted molar refractivity (Wildman–Crippen MR) is 67.6 cm³/mol. The lowest BCUT2D eigenvalue weighted by molar-refractivity contribution is -0.179. The van der Waals surface area contributed by atoms with Crippen molar-refractivity contribution >= 4 is 12.1 Å². The van der Waals surface area contributed by atoms with Crippen LogP contribution in [0.1, 0.15) is 40.5 Å². The van der Waals surface area contributed by atoms with Crippen LogP contribution >= 0.6 is 0 Å². The molecule has 1 rings (SSSR count). The van der Waals surface area contributed by atoms with Crippen molar-refractivity contribution in [1.82, 2.24) is 4.90 Å². The van der Waals surface area contributed by atoms with E-state index in [2.05, 4.69) is 0 Å². The molecule has 0 radical (unpaired) electrons. The van der Waals surface area contributed by atoms with Crippen LogP contribution in [-0.2, 0) is 14.3 Å². The monoisotopic (exact) mass is 311 g/mol. The molecule has 0 N–H and O–H groups in total. The van der Waals surface area contributed by atoms with Crippen molar-refractivity contribution in [3.05, 3.63) is 0 Å². The van der Waals surface area contributed by atoms with Crippen LogP contribution in [0.2, 0.25) is 0 Å². The third-order valence-corrected chi connectivity index (χ3v) is 2.93. The maximum Gasteiger partial charge on any atom is 0.411 e. The number of carbonyl (C=O) groups excluding carboxylic acids is 2. The third-order valence-electron chi connectivity index (χ3n) is 2.93. The smallest absolute Gasteiger partial charge is 0.411 e. The quantitative estimate of drug-likeness (QED) is 0.736. The van der Waals surface area contributed by atoms with Crippen LogP contribution in [0.25, 0.3) is 0 Å². The van der Waals surface area contributed by atoms with Gasteiger partial charge in [-0.25, -0.2) is 9.59 Å². The van der Waals surface area contributed by atoms with Crippen molar-refractivity contribution in [3.8, 4) is 0 Å². The van der Waals surface area contributed by atoms with Crippen molar-refractivity contribution in [3.63, 3.8) is 0 Å². The molecule has 0 spiro atoms. The van der Waals surface area contributed by atoms with Crippen LogP contribution in [0.4, 0.5) is 18.0 Å². The van der Waals surface area contributed by atoms with Gasteiger partial charge in [0.25, 0.3) is 0 Å². The molecule has 0 bridgehead atoms. The summed E-state index contributed by atoms with van der Waals surface area (Å²) in [6, 6.07) is -3.28. The molecule has 1 saturated heterocycles. The van der Waals surface area contributed by atoms with E-state index in [1.54, 1.807) is 27.7 Å². The van der Waals surface area contributed by atoms with Gasteiger partial charge < -0.3 is 9.47 Å². The molecule has 0 saturated carbocycles. The second-order valence-electron chi connectivity index (χ2n) is 5.79. The van der Waals surface area contributed by atoms with Crippen molar-refractivity contribution < 1.29 is 32.2 Å². The minimum atomic E-state index is -4.61. The zero-order chi connectivity index (χ0) is 16.4. The third kappa shape index (κ3) is 4.50. The lowest BCUT2D eigenvalue weighted by Crippen LogP contribution is -2.52. The fourth-order valence-electron chi connectivity index (χ4n) is 2.17. The lowest BCUT2D eigenvalue weighted by atomic mass is 10.2. The summed E-state index contributed by atoms with van der Waals surface area (Å²) in [6.07, 6.45) is -6.20. The molecule has 1 aliphatic heterocycles. The van der Waals surface area contributed by atoms with Gasteiger partial charge >= 0.3 is 18.2 Å². The Kier molecular flexibility index (Phi) is 5.11. The van der Waals surface area contributed by atoms with E-state index in [0.717, 1.165) is 0 Å². The average Bonchev–Trinajstić information content (AvgIpc) is 2.70. The Morgan fingerprint density at radius 1 is 1.19 bits per heavy atom. The zero-order valence-electron chi connectivity index (χ0n) is 12.5. The summed E-state index contributed by atoms with van der Waals surface area (Å²) >= 11 is 0. The summed E-state index contributed by atoms with van der Waals surface area (Å²) in [5.74, 6) is -0.838. The van der Waals surface area contributed by atoms with Crippen molar-refractivity contribution in [2.45, 2.75) is 64.4 Å². The second kappa shape index (κ2) is 6.11. The van der Waals surface area contributed by atoms with Crippen LogP contribution < -0.4 is 0 Å². The average molecular weight is 311 g/mol. The number of halogens is 3. The molecule has 0 unspecified atom stereocenters. The van der Waals surface area contributed by atoms with E-state index in [0.29, 0.717) is 4.90 Å². The topological polar surface area (TPSA) is 55.8 Å². The summed E-state index contributed by atoms with van der Waals surface area (Å²) < 4.78 is 48.8. The fourth-order valence-corrected chi connectivity index (χ4v) is 2.17. The number of amides is 1. The van der Waals surface area contributed by atoms with Crippen LogP contribution in [0.3, 0.4) is 0 Å². The Bertz CT molecular complexity index is 403. The van der Waals surface area contributed by atoms with Crippen molar-refractivity contribution in [2.24, 2.45) is 0 Å². The van der Waals surface area contributed by atoms with Gasteiger partial charge in [-0.3, -0.25) is 4.90 Å². The highest BCUT2D eigenvalue weighted by Gasteiger charge is 2.54. The van der Waals surface area contributed by atoms with Crippen LogP contribution in [-0.4, -0.2) is 47.4 Å². The van der Waals surface area contributed by atoms with Crippen LogP contribution in [0.5, 0.6) is 0 Å². The standard InChI is InChI=1S/C13H20F3NO4/c1-5-20-10(18)8-6-7-9(13(14,15)16)17(8)11(19)21-12(2,3)4/h8-9H,5-7H2,1-4H3/t8-,9+/m1/s1. The molecule has 21 heavy (non-hydrogen) atoms. The SMILES string of the molecule is CCOC(=O)[C@H]1CC[C@@H](C(F)(F)F)N1C(=O)OC(C)(C)C. The van der Waals surface area contributed by atoms with E-state index in [1.807, 2.05) is 0 Å². The molecule has 0 aromatic carbocycles. The first-order valence-corrected chi connectivity index (χ1v) is 6.72. The summed E-state index contributed by atoms with van der Waals surface area (Å²) in [4.78, 5) is 24.3. The maximum atomic E-state index is 13.0. The van der Waals surface area contributed by atoms with Crippen LogP contribution in [0.15, 0.2) is 0 Å². The Labute approximate surface area is 121 Å². The molecule has 1 fully saturated rings. The lowest BCUT2D eigenvalue weighted by Gasteiger charge is -2.32. The van der Waals surface area contributed by atoms with Gasteiger partial charge in [0.2, 0.25) is 0 Å². The minimum Gasteiger partial charge on any atom is -0.464 e. The molecule has 8 heteroatoms. The normalized spacial score (nSPS) is 23.1. The number of hydrogen-bond acceptors (Lipinski definition) is 4. The molecule has 1 amide bonds. The number of esters is 1. The second-order valence-corrected chi connectivity index (χ2v) is 5.79. The Morgan fingerprint density at radius 3 is 2.19 bits per heavy atom. The van der Waals surface area contributed by atoms with Gasteiger partial charge in [0, 0.05) is 0 Å². The number of rotatable bonds is 2. The first-order valence-electron chi connectivity index (χ1n) is 6.72. The van der Waals surface area contributed by atoms with E-state index in [4.69, 9.17) is 9.47 Å². The minimum absolute atomic E-state index is 0.0359. The molecule has 1 aliphatic rings. The summed E-state index contributed by atoms with van der Waals surface area (Å²) in [5.41, 5.74) is -0.949. The summed E-state index contributed by atoms with van der Waals surface area (Å²) in [6.45, 7) is 6.22. The number of likely N-dealkylation sites (tertiary alicyclic amines) is 1. The predicted octanol–water partition coefficient (Wildman–Crippen LogP) is 2.88. The van der Waals surface area contributed by atoms with Crippen molar-refractivity contribution in [2.75, 3.05) is 6.61 Å². The fraction of sp³-hybridized carbons (Fsp3) is 0.846. The number of alkyl halides is 3. The highest BCUT2D eigenvalue weighted by Crippen LogP contribution is 2.37. The Morgan fingerprint density at radius 2 is 1.76 bits per heavy atom. The maximum absolute atomic E-state index is 13.0. The van der Waals surface area contributed by atoms with Crippen molar-refractivity contribution in [1.29, 1.82) is 0 Å². The number of carbonyl (C=O) groups is 2. The van der Waals surface area contributed by atoms with Gasteiger partial charge in [-0.1, -0.05) is 0 Å². The molecule has 0 aromatic rings. The number of hydrogen-bond donors (Lipinski definition) is 0. The molecule has 1 heterocycles. The van der Waals surface area contributed by atoms with Gasteiger partial charge in [0.1, 0.15) is 17.7 Å². The highest BCUT2D eigenvalue weighted by atomic mass is 19.4. The van der Waals surface area contributed by atoms with Gasteiger partial charge in [-0.15, -0.1) is 0 Å². The van der Waals surface area contributed by atoms with Gasteiger partial charge in [0.15, 0.2) is 0 Å². The van der Waals surface area contributed by atoms with Gasteiger partial charge in [-0.05, 0) is 40.5 Å². The van der Waals surface area contributed by atoms with E-state index in [-0.39, 0.29) is 19.4 Å². The highest BCUT2D eigenvalue weighted by molar-refractivity contribution is 5.82. The molecular weight excluding hydrogens is 291 g/mol. The Hall–Kier alpha value is -1.47. The molecular formula is C13H20F3NO4. The summed E-state index contributed by atoms with van der Waals surface area (Å²) in [5, 5.41) is 0. The molecule has 0 aromatic heterocycles. The largest absolute Gasteiger partial charge is 0.464 e. The van der Waals surface area contributed by atoms with E-state index >= 15 is 0 Å². The van der Waals surface area contributed by atoms with E-state index < -0.39 is 35.9 Å². The molecule has 0 aliphatic carbocycles. The molecule has 122 valence electrons. The van der Waals surface area contributed by atoms with Gasteiger partial charge in [0.05, 0.1) is 6.61 Å². The first-order chi connectivity index (χ1) is 9.47. The zero-order valence-corrected chi connectivity index (χ0v) is 12.5. The molecule has 2 atom stereocenters. The Balaban J connectivity index is 3.01. The van der Waals surface area contributed by atoms with Crippen LogP contribution in [0, 0.1) is 0 Å². The number of nitrogens with zero attached hydrogens (tertiary/aromatic N) is 1. The van der Waals surface area contributed by atoms with Gasteiger partial charge in [-0.2, -0.15) is 13.2 Å². The van der Waals surface area contributed by atoms with E-state index in [1.165, 1.54) is 0 Å². The first kappa shape index (κ1) is 17.6. The van der Waals surface area contributed by atoms with E-state index in [9.17, 15) is 22.8 Å². The summed E-state index contributed by atoms with van der Waals surface area (Å²) in [7, 11) is 0. The molecule has 5 nitrogen and oxygen atoms in total. The number of ether oxygens (including phenoxy) is 2.